The van der Waals surface area contributed by atoms with Gasteiger partial charge in [-0.1, -0.05) is 0 Å². The summed E-state index contributed by atoms with van der Waals surface area (Å²) in [5.74, 6) is -0.818. The van der Waals surface area contributed by atoms with E-state index in [9.17, 15) is 45.8 Å². The van der Waals surface area contributed by atoms with Crippen LogP contribution in [0.1, 0.15) is 27.2 Å². The molecular weight excluding hydrogens is 478 g/mol. The Hall–Kier alpha value is -1.09. The maximum atomic E-state index is 12.5. The van der Waals surface area contributed by atoms with Crippen LogP contribution in [0, 0.1) is 16.7 Å². The van der Waals surface area contributed by atoms with Crippen LogP contribution in [0.25, 0.3) is 0 Å². The summed E-state index contributed by atoms with van der Waals surface area (Å²) in [6.07, 6.45) is -16.6. The fourth-order valence-corrected chi connectivity index (χ4v) is 4.22. The number of hydrogen-bond donors (Lipinski definition) is 8. The highest BCUT2D eigenvalue weighted by Gasteiger charge is 2.50. The number of nitrogens with zero attached hydrogens (tertiary/aromatic N) is 1. The fraction of sp³-hybridized carbons (Fsp3) is 0.900. The van der Waals surface area contributed by atoms with Crippen molar-refractivity contribution in [3.05, 3.63) is 0 Å². The minimum Gasteiger partial charge on any atom is -0.462 e. The molecule has 2 heterocycles. The van der Waals surface area contributed by atoms with Gasteiger partial charge in [0.05, 0.1) is 18.1 Å². The zero-order chi connectivity index (χ0) is 26.0. The van der Waals surface area contributed by atoms with Crippen molar-refractivity contribution in [3.63, 3.8) is 0 Å². The smallest absolute Gasteiger partial charge is 0.321 e. The van der Waals surface area contributed by atoms with Crippen LogP contribution in [0.15, 0.2) is 0 Å². The van der Waals surface area contributed by atoms with Crippen LogP contribution in [0.3, 0.4) is 0 Å². The lowest BCUT2D eigenvalue weighted by atomic mass is 9.84. The number of carbonyl (C=O) groups is 1. The SMILES string of the molecule is CC(C)(C#N)CC(C)(S)C(=O)OC[C@H]1O[C@H](O[C@H]2O[C@H](CO)[C@@H](O)[C@H](O)[C@H]2O)[C@H](O)[C@@H](O)[C@@H]1O. The van der Waals surface area contributed by atoms with Crippen molar-refractivity contribution in [2.75, 3.05) is 13.2 Å². The number of aliphatic hydroxyl groups is 7. The molecule has 0 aromatic rings. The second-order valence-electron chi connectivity index (χ2n) is 9.39. The number of carbonyl (C=O) groups excluding carboxylic acids is 1. The quantitative estimate of drug-likeness (QED) is 0.119. The average molecular weight is 512 g/mol. The zero-order valence-electron chi connectivity index (χ0n) is 19.0. The van der Waals surface area contributed by atoms with Crippen molar-refractivity contribution in [1.29, 1.82) is 5.26 Å². The Labute approximate surface area is 201 Å². The molecular formula is C20H33NO12S. The number of hydrogen-bond acceptors (Lipinski definition) is 14. The summed E-state index contributed by atoms with van der Waals surface area (Å²) in [6, 6.07) is 2.06. The number of esters is 1. The highest BCUT2D eigenvalue weighted by molar-refractivity contribution is 7.82. The van der Waals surface area contributed by atoms with Crippen LogP contribution in [-0.4, -0.2) is 121 Å². The van der Waals surface area contributed by atoms with E-state index >= 15 is 0 Å². The molecule has 7 N–H and O–H groups in total. The third kappa shape index (κ3) is 6.56. The van der Waals surface area contributed by atoms with Crippen molar-refractivity contribution in [1.82, 2.24) is 0 Å². The van der Waals surface area contributed by atoms with E-state index in [2.05, 4.69) is 18.7 Å². The number of aliphatic hydroxyl groups excluding tert-OH is 7. The normalized spacial score (nSPS) is 40.8. The molecule has 2 saturated heterocycles. The van der Waals surface area contributed by atoms with E-state index in [1.54, 1.807) is 13.8 Å². The molecule has 0 aliphatic carbocycles. The molecule has 11 atom stereocenters. The number of ether oxygens (including phenoxy) is 4. The van der Waals surface area contributed by atoms with Gasteiger partial charge in [0.2, 0.25) is 0 Å². The second kappa shape index (κ2) is 11.3. The van der Waals surface area contributed by atoms with Crippen LogP contribution in [0.4, 0.5) is 0 Å². The summed E-state index contributed by atoms with van der Waals surface area (Å²) in [5.41, 5.74) is -0.874. The van der Waals surface area contributed by atoms with E-state index in [0.29, 0.717) is 0 Å². The molecule has 2 aliphatic rings. The Kier molecular flexibility index (Phi) is 9.70. The molecule has 34 heavy (non-hydrogen) atoms. The van der Waals surface area contributed by atoms with Gasteiger partial charge in [-0.3, -0.25) is 4.79 Å². The molecule has 0 spiro atoms. The molecule has 0 bridgehead atoms. The third-order valence-corrected chi connectivity index (χ3v) is 6.03. The van der Waals surface area contributed by atoms with Crippen LogP contribution in [0.5, 0.6) is 0 Å². The number of nitriles is 1. The maximum absolute atomic E-state index is 12.5. The van der Waals surface area contributed by atoms with Gasteiger partial charge >= 0.3 is 5.97 Å². The minimum atomic E-state index is -1.83. The molecule has 2 aliphatic heterocycles. The van der Waals surface area contributed by atoms with Crippen molar-refractivity contribution >= 4 is 18.6 Å². The van der Waals surface area contributed by atoms with Crippen LogP contribution in [-0.2, 0) is 23.7 Å². The first-order chi connectivity index (χ1) is 15.6. The van der Waals surface area contributed by atoms with Gasteiger partial charge in [-0.15, -0.1) is 0 Å². The highest BCUT2D eigenvalue weighted by Crippen LogP contribution is 2.33. The Morgan fingerprint density at radius 3 is 1.85 bits per heavy atom. The van der Waals surface area contributed by atoms with E-state index in [4.69, 9.17) is 18.9 Å². The molecule has 0 saturated carbocycles. The van der Waals surface area contributed by atoms with Crippen molar-refractivity contribution in [3.8, 4) is 6.07 Å². The average Bonchev–Trinajstić information content (AvgIpc) is 2.77. The summed E-state index contributed by atoms with van der Waals surface area (Å²) < 4.78 is 19.7. The molecule has 2 rings (SSSR count). The standard InChI is InChI=1S/C20H33NO12S/c1-19(2,7-21)6-20(3,34)18(29)30-5-9-11(24)13(26)15(28)17(32-9)33-16-14(27)12(25)10(23)8(4-22)31-16/h8-17,22-28,34H,4-6H2,1-3H3/t8-,9-,10-,11-,12+,13+,14-,15-,16-,17-,20?/m1/s1. The Morgan fingerprint density at radius 1 is 0.912 bits per heavy atom. The lowest BCUT2D eigenvalue weighted by Crippen LogP contribution is -2.63. The molecule has 0 aromatic carbocycles. The Balaban J connectivity index is 2.06. The van der Waals surface area contributed by atoms with Gasteiger partial charge in [-0.05, 0) is 27.2 Å². The zero-order valence-corrected chi connectivity index (χ0v) is 19.9. The van der Waals surface area contributed by atoms with Gasteiger partial charge in [0.15, 0.2) is 12.6 Å². The number of thiol groups is 1. The summed E-state index contributed by atoms with van der Waals surface area (Å²) in [6.45, 7) is 3.41. The molecule has 1 unspecified atom stereocenters. The molecule has 14 heteroatoms. The van der Waals surface area contributed by atoms with E-state index in [1.807, 2.05) is 0 Å². The lowest BCUT2D eigenvalue weighted by molar-refractivity contribution is -0.376. The van der Waals surface area contributed by atoms with E-state index < -0.39 is 90.8 Å². The number of rotatable bonds is 8. The van der Waals surface area contributed by atoms with Gasteiger partial charge in [0, 0.05) is 0 Å². The van der Waals surface area contributed by atoms with Gasteiger partial charge in [-0.25, -0.2) is 0 Å². The first-order valence-electron chi connectivity index (χ1n) is 10.6. The summed E-state index contributed by atoms with van der Waals surface area (Å²) in [7, 11) is 0. The topological polar surface area (TPSA) is 219 Å². The summed E-state index contributed by atoms with van der Waals surface area (Å²) >= 11 is 4.28. The molecule has 13 nitrogen and oxygen atoms in total. The van der Waals surface area contributed by atoms with Gasteiger partial charge in [0.1, 0.15) is 60.2 Å². The summed E-state index contributed by atoms with van der Waals surface area (Å²) in [4.78, 5) is 12.5. The molecule has 0 radical (unpaired) electrons. The largest absolute Gasteiger partial charge is 0.462 e. The Bertz CT molecular complexity index is 744. The lowest BCUT2D eigenvalue weighted by Gasteiger charge is -2.44. The van der Waals surface area contributed by atoms with Gasteiger partial charge < -0.3 is 54.7 Å². The first kappa shape index (κ1) is 29.1. The predicted molar refractivity (Wildman–Crippen MR) is 114 cm³/mol. The first-order valence-corrected chi connectivity index (χ1v) is 11.1. The van der Waals surface area contributed by atoms with Crippen LogP contribution < -0.4 is 0 Å². The monoisotopic (exact) mass is 511 g/mol. The van der Waals surface area contributed by atoms with E-state index in [0.717, 1.165) is 0 Å². The van der Waals surface area contributed by atoms with Crippen molar-refractivity contribution in [2.24, 2.45) is 5.41 Å². The van der Waals surface area contributed by atoms with Crippen LogP contribution >= 0.6 is 12.6 Å². The molecule has 0 amide bonds. The second-order valence-corrected chi connectivity index (χ2v) is 10.4. The van der Waals surface area contributed by atoms with E-state index in [-0.39, 0.29) is 6.42 Å². The molecule has 2 fully saturated rings. The fourth-order valence-electron chi connectivity index (χ4n) is 3.76. The van der Waals surface area contributed by atoms with Gasteiger partial charge in [0.25, 0.3) is 0 Å². The maximum Gasteiger partial charge on any atom is 0.321 e. The predicted octanol–water partition coefficient (Wildman–Crippen LogP) is -3.22. The third-order valence-electron chi connectivity index (χ3n) is 5.69. The van der Waals surface area contributed by atoms with Crippen molar-refractivity contribution < 1.29 is 59.5 Å². The highest BCUT2D eigenvalue weighted by atomic mass is 32.1. The molecule has 196 valence electrons. The van der Waals surface area contributed by atoms with Crippen molar-refractivity contribution in [2.45, 2.75) is 93.4 Å². The van der Waals surface area contributed by atoms with Gasteiger partial charge in [-0.2, -0.15) is 17.9 Å². The summed E-state index contributed by atoms with van der Waals surface area (Å²) in [5, 5.41) is 79.0. The Morgan fingerprint density at radius 2 is 1.38 bits per heavy atom. The van der Waals surface area contributed by atoms with E-state index in [1.165, 1.54) is 6.92 Å². The molecule has 0 aromatic heterocycles. The minimum absolute atomic E-state index is 0.0523. The van der Waals surface area contributed by atoms with Crippen LogP contribution in [0.2, 0.25) is 0 Å².